The van der Waals surface area contributed by atoms with Crippen LogP contribution < -0.4 is 0 Å². The second-order valence-electron chi connectivity index (χ2n) is 8.54. The van der Waals surface area contributed by atoms with E-state index in [-0.39, 0.29) is 38.2 Å². The Hall–Kier alpha value is -1.10. The normalized spacial score (nSPS) is 30.1. The predicted molar refractivity (Wildman–Crippen MR) is 120 cm³/mol. The number of aromatic nitrogens is 1. The average Bonchev–Trinajstić information content (AvgIpc) is 3.33. The smallest absolute Gasteiger partial charge is 0.0623 e. The van der Waals surface area contributed by atoms with Crippen molar-refractivity contribution in [1.82, 2.24) is 4.98 Å². The minimum absolute atomic E-state index is 0. The second kappa shape index (κ2) is 10.5. The molecule has 2 N–H and O–H groups in total. The third-order valence-electron chi connectivity index (χ3n) is 6.77. The number of nitrogens with zero attached hydrogens (tertiary/aromatic N) is 1. The van der Waals surface area contributed by atoms with Crippen molar-refractivity contribution in [2.45, 2.75) is 51.7 Å². The van der Waals surface area contributed by atoms with Gasteiger partial charge < -0.3 is 15.2 Å². The fourth-order valence-electron chi connectivity index (χ4n) is 5.04. The standard InChI is InChI=1S/C13H8NS.C12H22O2.Ir/c1-2-7-12-10(5-1)9-13(15-12)11-6-3-4-8-14-11;1-3-8-6-9-5-4-7(2)11(13)10(9)12(8)14;/h1-8H;7-14H,3-6H2,1-2H3;/q-1;;/t;7-,8-,9?,10?,11?,12?;/m.0./s1. The molecule has 2 fully saturated rings. The van der Waals surface area contributed by atoms with Crippen LogP contribution in [0.4, 0.5) is 0 Å². The minimum atomic E-state index is -0.264. The number of thiophene rings is 1. The maximum absolute atomic E-state index is 10.1. The summed E-state index contributed by atoms with van der Waals surface area (Å²) in [7, 11) is 0. The summed E-state index contributed by atoms with van der Waals surface area (Å²) >= 11 is 1.73. The number of fused-ring (bicyclic) bond motifs is 2. The predicted octanol–water partition coefficient (Wildman–Crippen LogP) is 5.56. The van der Waals surface area contributed by atoms with Gasteiger partial charge in [0.25, 0.3) is 0 Å². The van der Waals surface area contributed by atoms with Crippen LogP contribution in [0.1, 0.15) is 39.5 Å². The van der Waals surface area contributed by atoms with E-state index in [1.54, 1.807) is 11.3 Å². The van der Waals surface area contributed by atoms with Gasteiger partial charge in [0.1, 0.15) is 0 Å². The van der Waals surface area contributed by atoms with Crippen molar-refractivity contribution >= 4 is 21.4 Å². The van der Waals surface area contributed by atoms with E-state index < -0.39 is 0 Å². The van der Waals surface area contributed by atoms with E-state index in [4.69, 9.17) is 0 Å². The molecule has 1 radical (unpaired) electrons. The second-order valence-corrected chi connectivity index (χ2v) is 9.60. The summed E-state index contributed by atoms with van der Waals surface area (Å²) in [4.78, 5) is 5.43. The Kier molecular flexibility index (Phi) is 8.23. The van der Waals surface area contributed by atoms with Gasteiger partial charge in [-0.1, -0.05) is 44.5 Å². The van der Waals surface area contributed by atoms with Crippen LogP contribution in [-0.4, -0.2) is 27.4 Å². The van der Waals surface area contributed by atoms with Gasteiger partial charge >= 0.3 is 0 Å². The number of pyridine rings is 1. The maximum Gasteiger partial charge on any atom is 0.0623 e. The van der Waals surface area contributed by atoms with E-state index in [1.807, 2.05) is 30.5 Å². The molecule has 2 aliphatic rings. The van der Waals surface area contributed by atoms with Gasteiger partial charge in [-0.3, -0.25) is 0 Å². The fraction of sp³-hybridized carbons (Fsp3) is 0.480. The van der Waals surface area contributed by atoms with Gasteiger partial charge in [0, 0.05) is 37.9 Å². The first-order chi connectivity index (χ1) is 14.1. The van der Waals surface area contributed by atoms with Crippen LogP contribution in [0.3, 0.4) is 0 Å². The molecular weight excluding hydrogens is 571 g/mol. The first kappa shape index (κ1) is 23.6. The number of aliphatic hydroxyl groups is 2. The van der Waals surface area contributed by atoms with Gasteiger partial charge in [-0.25, -0.2) is 11.3 Å². The Labute approximate surface area is 196 Å². The zero-order chi connectivity index (χ0) is 20.4. The molecule has 0 bridgehead atoms. The summed E-state index contributed by atoms with van der Waals surface area (Å²) in [5.74, 6) is 1.57. The molecule has 4 unspecified atom stereocenters. The van der Waals surface area contributed by atoms with Crippen LogP contribution in [0, 0.1) is 29.7 Å². The van der Waals surface area contributed by atoms with Gasteiger partial charge in [-0.05, 0) is 52.7 Å². The fourth-order valence-corrected chi connectivity index (χ4v) is 6.02. The molecule has 5 rings (SSSR count). The molecule has 1 aromatic carbocycles. The molecule has 0 aliphatic heterocycles. The van der Waals surface area contributed by atoms with Crippen molar-refractivity contribution in [3.8, 4) is 10.6 Å². The van der Waals surface area contributed by atoms with E-state index in [1.165, 1.54) is 16.5 Å². The van der Waals surface area contributed by atoms with Crippen molar-refractivity contribution in [1.29, 1.82) is 0 Å². The molecule has 5 heteroatoms. The largest absolute Gasteiger partial charge is 0.392 e. The Bertz CT molecular complexity index is 896. The van der Waals surface area contributed by atoms with Gasteiger partial charge in [-0.15, -0.1) is 23.6 Å². The monoisotopic (exact) mass is 601 g/mol. The van der Waals surface area contributed by atoms with Crippen LogP contribution in [-0.2, 0) is 20.1 Å². The van der Waals surface area contributed by atoms with Crippen molar-refractivity contribution in [3.63, 3.8) is 0 Å². The van der Waals surface area contributed by atoms with Crippen molar-refractivity contribution in [2.24, 2.45) is 23.7 Å². The number of aliphatic hydroxyl groups excluding tert-OH is 2. The number of hydrogen-bond acceptors (Lipinski definition) is 4. The van der Waals surface area contributed by atoms with Gasteiger partial charge in [0.15, 0.2) is 0 Å². The van der Waals surface area contributed by atoms with E-state index in [0.717, 1.165) is 29.8 Å². The maximum atomic E-state index is 10.1. The molecule has 2 aliphatic carbocycles. The first-order valence-electron chi connectivity index (χ1n) is 10.8. The average molecular weight is 601 g/mol. The number of rotatable bonds is 2. The molecule has 30 heavy (non-hydrogen) atoms. The molecule has 0 amide bonds. The molecule has 3 aromatic rings. The third-order valence-corrected chi connectivity index (χ3v) is 7.86. The van der Waals surface area contributed by atoms with E-state index in [0.29, 0.717) is 17.8 Å². The quantitative estimate of drug-likeness (QED) is 0.379. The van der Waals surface area contributed by atoms with Gasteiger partial charge in [0.05, 0.1) is 12.2 Å². The number of benzene rings is 1. The van der Waals surface area contributed by atoms with Crippen molar-refractivity contribution in [2.75, 3.05) is 0 Å². The van der Waals surface area contributed by atoms with Crippen molar-refractivity contribution in [3.05, 3.63) is 54.7 Å². The van der Waals surface area contributed by atoms with Gasteiger partial charge in [0.2, 0.25) is 0 Å². The summed E-state index contributed by atoms with van der Waals surface area (Å²) in [6, 6.07) is 17.6. The van der Waals surface area contributed by atoms with E-state index >= 15 is 0 Å². The van der Waals surface area contributed by atoms with Crippen LogP contribution in [0.5, 0.6) is 0 Å². The van der Waals surface area contributed by atoms with Crippen LogP contribution in [0.15, 0.2) is 48.7 Å². The molecule has 2 heterocycles. The van der Waals surface area contributed by atoms with E-state index in [9.17, 15) is 10.2 Å². The molecule has 163 valence electrons. The third kappa shape index (κ3) is 4.87. The Balaban J connectivity index is 0.000000166. The summed E-state index contributed by atoms with van der Waals surface area (Å²) in [5, 5.41) is 21.4. The molecular formula is C25H30IrNO2S-. The van der Waals surface area contributed by atoms with Crippen molar-refractivity contribution < 1.29 is 30.3 Å². The minimum Gasteiger partial charge on any atom is -0.392 e. The molecule has 2 aromatic heterocycles. The summed E-state index contributed by atoms with van der Waals surface area (Å²) in [6.45, 7) is 4.24. The summed E-state index contributed by atoms with van der Waals surface area (Å²) in [5.41, 5.74) is 0.999. The zero-order valence-electron chi connectivity index (χ0n) is 17.5. The molecule has 3 nitrogen and oxygen atoms in total. The van der Waals surface area contributed by atoms with Crippen LogP contribution in [0.25, 0.3) is 20.7 Å². The SMILES string of the molecule is CC[C@H]1CC2CC[C@H](C)C(O)C2C1O.[Ir].[c-]1c(-c2ccccn2)sc2ccccc12. The summed E-state index contributed by atoms with van der Waals surface area (Å²) < 4.78 is 1.26. The first-order valence-corrected chi connectivity index (χ1v) is 11.6. The zero-order valence-corrected chi connectivity index (χ0v) is 20.7. The summed E-state index contributed by atoms with van der Waals surface area (Å²) in [6.07, 6.45) is 5.82. The Morgan fingerprint density at radius 2 is 1.83 bits per heavy atom. The Morgan fingerprint density at radius 1 is 1.07 bits per heavy atom. The molecule has 6 atom stereocenters. The molecule has 0 spiro atoms. The van der Waals surface area contributed by atoms with Gasteiger partial charge in [-0.2, -0.15) is 0 Å². The Morgan fingerprint density at radius 3 is 2.53 bits per heavy atom. The van der Waals surface area contributed by atoms with Crippen LogP contribution in [0.2, 0.25) is 0 Å². The molecule has 0 saturated heterocycles. The molecule has 2 saturated carbocycles. The van der Waals surface area contributed by atoms with E-state index in [2.05, 4.69) is 43.1 Å². The number of hydrogen-bond donors (Lipinski definition) is 2. The van der Waals surface area contributed by atoms with Crippen LogP contribution >= 0.6 is 11.3 Å². The topological polar surface area (TPSA) is 53.4 Å².